The smallest absolute Gasteiger partial charge is 0.260 e. The second kappa shape index (κ2) is 9.77. The highest BCUT2D eigenvalue weighted by molar-refractivity contribution is 6.31. The average Bonchev–Trinajstić information content (AvgIpc) is 3.37. The number of likely N-dealkylation sites (tertiary alicyclic amines) is 1. The third-order valence-electron chi connectivity index (χ3n) is 6.85. The number of carbonyl (C=O) groups excluding carboxylic acids is 2. The molecular formula is C26H31N5O2. The van der Waals surface area contributed by atoms with Gasteiger partial charge in [0.1, 0.15) is 0 Å². The molecule has 0 aromatic heterocycles. The van der Waals surface area contributed by atoms with Gasteiger partial charge in [0.05, 0.1) is 5.57 Å². The Labute approximate surface area is 195 Å². The number of anilines is 2. The molecule has 3 heterocycles. The van der Waals surface area contributed by atoms with E-state index < -0.39 is 0 Å². The lowest BCUT2D eigenvalue weighted by Gasteiger charge is -2.36. The first-order valence-electron chi connectivity index (χ1n) is 11.9. The van der Waals surface area contributed by atoms with Crippen LogP contribution in [0.5, 0.6) is 0 Å². The van der Waals surface area contributed by atoms with Crippen LogP contribution >= 0.6 is 0 Å². The molecule has 3 aliphatic heterocycles. The van der Waals surface area contributed by atoms with E-state index in [1.807, 2.05) is 18.2 Å². The molecule has 172 valence electrons. The maximum Gasteiger partial charge on any atom is 0.260 e. The Morgan fingerprint density at radius 3 is 2.09 bits per heavy atom. The largest absolute Gasteiger partial charge is 0.369 e. The minimum atomic E-state index is -0.384. The molecule has 2 fully saturated rings. The molecule has 2 saturated heterocycles. The maximum absolute atomic E-state index is 12.3. The fourth-order valence-corrected chi connectivity index (χ4v) is 4.86. The van der Waals surface area contributed by atoms with Crippen molar-refractivity contribution in [3.8, 4) is 0 Å². The van der Waals surface area contributed by atoms with Crippen molar-refractivity contribution < 1.29 is 9.59 Å². The number of benzene rings is 2. The van der Waals surface area contributed by atoms with Crippen molar-refractivity contribution in [3.05, 3.63) is 65.9 Å². The van der Waals surface area contributed by atoms with Crippen molar-refractivity contribution in [2.45, 2.75) is 12.8 Å². The van der Waals surface area contributed by atoms with Gasteiger partial charge >= 0.3 is 0 Å². The highest BCUT2D eigenvalue weighted by Gasteiger charge is 2.26. The summed E-state index contributed by atoms with van der Waals surface area (Å²) in [5.41, 5.74) is 3.74. The van der Waals surface area contributed by atoms with Crippen LogP contribution in [0, 0.1) is 0 Å². The topological polar surface area (TPSA) is 67.9 Å². The van der Waals surface area contributed by atoms with E-state index in [0.717, 1.165) is 31.9 Å². The molecule has 0 radical (unpaired) electrons. The molecule has 7 nitrogen and oxygen atoms in total. The van der Waals surface area contributed by atoms with E-state index in [0.29, 0.717) is 16.7 Å². The van der Waals surface area contributed by atoms with E-state index >= 15 is 0 Å². The number of fused-ring (bicyclic) bond motifs is 1. The van der Waals surface area contributed by atoms with E-state index in [9.17, 15) is 9.59 Å². The molecule has 2 N–H and O–H groups in total. The number of hydrogen-bond donors (Lipinski definition) is 2. The number of imide groups is 1. The van der Waals surface area contributed by atoms with E-state index in [-0.39, 0.29) is 11.8 Å². The highest BCUT2D eigenvalue weighted by atomic mass is 16.2. The second-order valence-corrected chi connectivity index (χ2v) is 8.96. The fraction of sp³-hybridized carbons (Fsp3) is 0.385. The highest BCUT2D eigenvalue weighted by Crippen LogP contribution is 2.25. The van der Waals surface area contributed by atoms with E-state index in [4.69, 9.17) is 0 Å². The Hall–Kier alpha value is -3.16. The summed E-state index contributed by atoms with van der Waals surface area (Å²) < 4.78 is 0. The lowest BCUT2D eigenvalue weighted by atomic mass is 9.96. The van der Waals surface area contributed by atoms with Crippen molar-refractivity contribution in [1.82, 2.24) is 15.1 Å². The van der Waals surface area contributed by atoms with Crippen LogP contribution in [-0.4, -0.2) is 74.0 Å². The van der Waals surface area contributed by atoms with Crippen molar-refractivity contribution in [3.63, 3.8) is 0 Å². The Balaban J connectivity index is 1.16. The van der Waals surface area contributed by atoms with Crippen molar-refractivity contribution >= 4 is 28.8 Å². The Bertz CT molecular complexity index is 1030. The molecule has 5 rings (SSSR count). The van der Waals surface area contributed by atoms with Gasteiger partial charge in [-0.2, -0.15) is 0 Å². The molecule has 33 heavy (non-hydrogen) atoms. The summed E-state index contributed by atoms with van der Waals surface area (Å²) in [4.78, 5) is 32.0. The van der Waals surface area contributed by atoms with Gasteiger partial charge in [0.15, 0.2) is 0 Å². The van der Waals surface area contributed by atoms with Gasteiger partial charge in [0, 0.05) is 68.0 Å². The SMILES string of the molecule is O=C1NC(=O)c2ccccc2C1=CNc1ccc(N2CCN(CCN3CCCC3)CC2)cc1. The lowest BCUT2D eigenvalue weighted by molar-refractivity contribution is -0.114. The first-order chi connectivity index (χ1) is 16.2. The molecule has 0 aliphatic carbocycles. The third kappa shape index (κ3) is 4.94. The standard InChI is InChI=1S/C26H31N5O2/c32-25-23-6-2-1-5-22(23)24(26(33)28-25)19-27-20-7-9-21(10-8-20)31-17-15-30(16-18-31)14-13-29-11-3-4-12-29/h1-2,5-10,19,27H,3-4,11-18H2,(H,28,32,33). The van der Waals surface area contributed by atoms with Crippen molar-refractivity contribution in [2.75, 3.05) is 62.6 Å². The van der Waals surface area contributed by atoms with E-state index in [1.54, 1.807) is 24.4 Å². The van der Waals surface area contributed by atoms with Crippen LogP contribution < -0.4 is 15.5 Å². The van der Waals surface area contributed by atoms with Gasteiger partial charge in [-0.3, -0.25) is 19.8 Å². The summed E-state index contributed by atoms with van der Waals surface area (Å²) >= 11 is 0. The van der Waals surface area contributed by atoms with Crippen LogP contribution in [0.15, 0.2) is 54.7 Å². The Kier molecular flexibility index (Phi) is 6.41. The van der Waals surface area contributed by atoms with Gasteiger partial charge in [-0.25, -0.2) is 0 Å². The molecule has 0 spiro atoms. The molecule has 0 unspecified atom stereocenters. The van der Waals surface area contributed by atoms with Gasteiger partial charge in [-0.15, -0.1) is 0 Å². The number of amides is 2. The molecule has 7 heteroatoms. The number of rotatable bonds is 6. The Morgan fingerprint density at radius 2 is 1.39 bits per heavy atom. The summed E-state index contributed by atoms with van der Waals surface area (Å²) in [6.07, 6.45) is 4.39. The predicted octanol–water partition coefficient (Wildman–Crippen LogP) is 2.63. The van der Waals surface area contributed by atoms with Gasteiger partial charge in [0.25, 0.3) is 11.8 Å². The molecular weight excluding hydrogens is 414 g/mol. The monoisotopic (exact) mass is 445 g/mol. The van der Waals surface area contributed by atoms with Crippen LogP contribution in [0.25, 0.3) is 5.57 Å². The summed E-state index contributed by atoms with van der Waals surface area (Å²) in [5, 5.41) is 5.62. The van der Waals surface area contributed by atoms with Gasteiger partial charge in [-0.1, -0.05) is 18.2 Å². The van der Waals surface area contributed by atoms with Crippen LogP contribution in [0.4, 0.5) is 11.4 Å². The lowest BCUT2D eigenvalue weighted by Crippen LogP contribution is -2.48. The first kappa shape index (κ1) is 21.7. The van der Waals surface area contributed by atoms with Gasteiger partial charge < -0.3 is 15.1 Å². The van der Waals surface area contributed by atoms with E-state index in [2.05, 4.69) is 37.5 Å². The molecule has 0 saturated carbocycles. The number of hydrogen-bond acceptors (Lipinski definition) is 6. The normalized spacial score (nSPS) is 20.7. The number of nitrogens with one attached hydrogen (secondary N) is 2. The predicted molar refractivity (Wildman–Crippen MR) is 131 cm³/mol. The maximum atomic E-state index is 12.3. The van der Waals surface area contributed by atoms with Gasteiger partial charge in [0.2, 0.25) is 0 Å². The fourth-order valence-electron chi connectivity index (χ4n) is 4.86. The van der Waals surface area contributed by atoms with Crippen LogP contribution in [0.3, 0.4) is 0 Å². The van der Waals surface area contributed by atoms with Crippen molar-refractivity contribution in [2.24, 2.45) is 0 Å². The molecule has 3 aliphatic rings. The second-order valence-electron chi connectivity index (χ2n) is 8.96. The third-order valence-corrected chi connectivity index (χ3v) is 6.85. The molecule has 0 bridgehead atoms. The summed E-state index contributed by atoms with van der Waals surface area (Å²) in [5.74, 6) is -0.737. The summed E-state index contributed by atoms with van der Waals surface area (Å²) in [7, 11) is 0. The molecule has 2 aromatic carbocycles. The number of carbonyl (C=O) groups is 2. The Morgan fingerprint density at radius 1 is 0.758 bits per heavy atom. The van der Waals surface area contributed by atoms with Crippen LogP contribution in [-0.2, 0) is 4.79 Å². The van der Waals surface area contributed by atoms with Gasteiger partial charge in [-0.05, 0) is 56.3 Å². The zero-order valence-corrected chi connectivity index (χ0v) is 18.9. The average molecular weight is 446 g/mol. The van der Waals surface area contributed by atoms with Crippen LogP contribution in [0.2, 0.25) is 0 Å². The van der Waals surface area contributed by atoms with E-state index in [1.165, 1.54) is 44.7 Å². The molecule has 0 atom stereocenters. The summed E-state index contributed by atoms with van der Waals surface area (Å²) in [6, 6.07) is 15.5. The molecule has 2 aromatic rings. The minimum Gasteiger partial charge on any atom is -0.369 e. The number of nitrogens with zero attached hydrogens (tertiary/aromatic N) is 3. The first-order valence-corrected chi connectivity index (χ1v) is 11.9. The quantitative estimate of drug-likeness (QED) is 0.526. The zero-order valence-electron chi connectivity index (χ0n) is 18.9. The summed E-state index contributed by atoms with van der Waals surface area (Å²) in [6.45, 7) is 9.21. The van der Waals surface area contributed by atoms with Crippen LogP contribution in [0.1, 0.15) is 28.8 Å². The van der Waals surface area contributed by atoms with Crippen molar-refractivity contribution in [1.29, 1.82) is 0 Å². The molecule has 2 amide bonds. The number of piperazine rings is 1. The zero-order chi connectivity index (χ0) is 22.6. The minimum absolute atomic E-state index is 0.353.